The minimum absolute atomic E-state index is 0.0405. The zero-order chi connectivity index (χ0) is 29.1. The first-order valence-corrected chi connectivity index (χ1v) is 21.3. The van der Waals surface area contributed by atoms with Gasteiger partial charge in [-0.1, -0.05) is 51.4 Å². The van der Waals surface area contributed by atoms with E-state index in [9.17, 15) is 10.1 Å². The molecule has 2 aromatic rings. The third-order valence-electron chi connectivity index (χ3n) is 5.58. The van der Waals surface area contributed by atoms with Gasteiger partial charge in [0, 0.05) is 41.5 Å². The van der Waals surface area contributed by atoms with Crippen LogP contribution in [0.3, 0.4) is 0 Å². The van der Waals surface area contributed by atoms with Crippen LogP contribution in [0.5, 0.6) is 17.2 Å². The maximum absolute atomic E-state index is 11.5. The minimum atomic E-state index is -1.23. The van der Waals surface area contributed by atoms with Gasteiger partial charge in [-0.25, -0.2) is 0 Å². The topological polar surface area (TPSA) is 89.3 Å². The van der Waals surface area contributed by atoms with Gasteiger partial charge < -0.3 is 23.7 Å². The minimum Gasteiger partial charge on any atom is -0.493 e. The smallest absolute Gasteiger partial charge is 0.311 e. The van der Waals surface area contributed by atoms with Crippen LogP contribution in [0.25, 0.3) is 12.2 Å². The molecule has 39 heavy (non-hydrogen) atoms. The third-order valence-corrected chi connectivity index (χ3v) is 9.83. The molecule has 0 heterocycles. The van der Waals surface area contributed by atoms with E-state index in [1.54, 1.807) is 12.1 Å². The Kier molecular flexibility index (Phi) is 13.2. The van der Waals surface area contributed by atoms with Crippen LogP contribution in [0.1, 0.15) is 18.1 Å². The van der Waals surface area contributed by atoms with E-state index in [4.69, 9.17) is 23.7 Å². The van der Waals surface area contributed by atoms with E-state index in [2.05, 4.69) is 55.2 Å². The summed E-state index contributed by atoms with van der Waals surface area (Å²) in [5.74, 6) is 1.44. The summed E-state index contributed by atoms with van der Waals surface area (Å²) >= 11 is 3.63. The van der Waals surface area contributed by atoms with Crippen molar-refractivity contribution < 1.29 is 28.6 Å². The number of hydrogen-bond donors (Lipinski definition) is 0. The molecule has 0 saturated heterocycles. The zero-order valence-electron chi connectivity index (χ0n) is 24.2. The van der Waals surface area contributed by atoms with Gasteiger partial charge in [-0.2, -0.15) is 0 Å². The van der Waals surface area contributed by atoms with Gasteiger partial charge in [0.1, 0.15) is 11.5 Å². The van der Waals surface area contributed by atoms with Crippen LogP contribution in [0.4, 0.5) is 5.69 Å². The lowest BCUT2D eigenvalue weighted by Gasteiger charge is -2.16. The second-order valence-electron chi connectivity index (χ2n) is 11.5. The van der Waals surface area contributed by atoms with Crippen molar-refractivity contribution >= 4 is 49.9 Å². The molecule has 0 aliphatic rings. The SMILES string of the molecule is CCOc1cc(OCOCC[Si](C)(C)C)cc(/C=C/c2ccc([N+](=O)[O-])c(OCOCC[Si](C)(C)C)c2)c1Br. The fraction of sp³-hybridized carbons (Fsp3) is 0.500. The van der Waals surface area contributed by atoms with E-state index in [1.807, 2.05) is 31.2 Å². The number of nitro groups is 1. The summed E-state index contributed by atoms with van der Waals surface area (Å²) in [6.07, 6.45) is 3.74. The average Bonchev–Trinajstić information content (AvgIpc) is 2.83. The van der Waals surface area contributed by atoms with Crippen LogP contribution in [-0.2, 0) is 9.47 Å². The Hall–Kier alpha value is -2.19. The maximum atomic E-state index is 11.5. The van der Waals surface area contributed by atoms with E-state index in [0.717, 1.165) is 27.7 Å². The lowest BCUT2D eigenvalue weighted by Crippen LogP contribution is -2.22. The molecule has 2 rings (SSSR count). The van der Waals surface area contributed by atoms with Crippen molar-refractivity contribution in [3.05, 3.63) is 56.0 Å². The molecule has 0 saturated carbocycles. The summed E-state index contributed by atoms with van der Waals surface area (Å²) in [4.78, 5) is 11.1. The highest BCUT2D eigenvalue weighted by molar-refractivity contribution is 9.10. The van der Waals surface area contributed by atoms with E-state index in [1.165, 1.54) is 6.07 Å². The molecule has 0 fully saturated rings. The Morgan fingerprint density at radius 3 is 2.03 bits per heavy atom. The van der Waals surface area contributed by atoms with Crippen molar-refractivity contribution in [3.8, 4) is 17.2 Å². The third kappa shape index (κ3) is 12.7. The molecule has 8 nitrogen and oxygen atoms in total. The van der Waals surface area contributed by atoms with Crippen molar-refractivity contribution in [1.82, 2.24) is 0 Å². The van der Waals surface area contributed by atoms with E-state index >= 15 is 0 Å². The van der Waals surface area contributed by atoms with E-state index in [-0.39, 0.29) is 25.0 Å². The van der Waals surface area contributed by atoms with E-state index in [0.29, 0.717) is 31.3 Å². The summed E-state index contributed by atoms with van der Waals surface area (Å²) in [5.41, 5.74) is 1.46. The van der Waals surface area contributed by atoms with Gasteiger partial charge in [0.15, 0.2) is 19.3 Å². The summed E-state index contributed by atoms with van der Waals surface area (Å²) in [5, 5.41) is 11.5. The first kappa shape index (κ1) is 33.0. The standard InChI is InChI=1S/C28H42BrNO7Si2/c1-8-35-27-19-24(36-20-33-13-15-38(2,3)4)18-23(28(27)29)11-9-22-10-12-25(30(31)32)26(17-22)37-21-34-14-16-39(5,6)7/h9-12,17-19H,8,13-16,20-21H2,1-7H3/b11-9+. The average molecular weight is 641 g/mol. The molecule has 0 aliphatic heterocycles. The van der Waals surface area contributed by atoms with Gasteiger partial charge in [-0.05, 0) is 64.3 Å². The van der Waals surface area contributed by atoms with Crippen molar-refractivity contribution in [2.75, 3.05) is 33.4 Å². The van der Waals surface area contributed by atoms with Gasteiger partial charge in [-0.15, -0.1) is 0 Å². The quantitative estimate of drug-likeness (QED) is 0.0429. The van der Waals surface area contributed by atoms with Gasteiger partial charge in [-0.3, -0.25) is 10.1 Å². The zero-order valence-corrected chi connectivity index (χ0v) is 27.8. The van der Waals surface area contributed by atoms with Crippen LogP contribution in [-0.4, -0.2) is 54.5 Å². The molecule has 0 bridgehead atoms. The lowest BCUT2D eigenvalue weighted by molar-refractivity contribution is -0.386. The summed E-state index contributed by atoms with van der Waals surface area (Å²) in [6, 6.07) is 10.5. The van der Waals surface area contributed by atoms with E-state index < -0.39 is 21.1 Å². The number of nitro benzene ring substituents is 1. The van der Waals surface area contributed by atoms with Crippen molar-refractivity contribution in [2.24, 2.45) is 0 Å². The van der Waals surface area contributed by atoms with Crippen molar-refractivity contribution in [2.45, 2.75) is 58.3 Å². The molecule has 216 valence electrons. The number of ether oxygens (including phenoxy) is 5. The van der Waals surface area contributed by atoms with Crippen molar-refractivity contribution in [3.63, 3.8) is 0 Å². The molecule has 0 aromatic heterocycles. The normalized spacial score (nSPS) is 12.1. The van der Waals surface area contributed by atoms with Crippen LogP contribution in [0.15, 0.2) is 34.8 Å². The Balaban J connectivity index is 2.16. The molecule has 11 heteroatoms. The molecule has 0 aliphatic carbocycles. The van der Waals surface area contributed by atoms with Gasteiger partial charge >= 0.3 is 5.69 Å². The first-order chi connectivity index (χ1) is 18.3. The summed E-state index contributed by atoms with van der Waals surface area (Å²) in [6.45, 7) is 17.5. The molecular weight excluding hydrogens is 598 g/mol. The molecule has 0 unspecified atom stereocenters. The molecule has 0 radical (unpaired) electrons. The van der Waals surface area contributed by atoms with Crippen LogP contribution in [0, 0.1) is 10.1 Å². The van der Waals surface area contributed by atoms with Crippen LogP contribution in [0.2, 0.25) is 51.4 Å². The molecule has 2 aromatic carbocycles. The number of hydrogen-bond acceptors (Lipinski definition) is 7. The summed E-state index contributed by atoms with van der Waals surface area (Å²) in [7, 11) is -2.40. The molecule has 0 atom stereocenters. The number of halogens is 1. The number of rotatable bonds is 17. The molecule has 0 amide bonds. The second-order valence-corrected chi connectivity index (χ2v) is 23.6. The molecule has 0 spiro atoms. The highest BCUT2D eigenvalue weighted by Crippen LogP contribution is 2.35. The van der Waals surface area contributed by atoms with Gasteiger partial charge in [0.25, 0.3) is 0 Å². The summed E-state index contributed by atoms with van der Waals surface area (Å²) < 4.78 is 29.3. The first-order valence-electron chi connectivity index (χ1n) is 13.1. The van der Waals surface area contributed by atoms with Crippen LogP contribution < -0.4 is 14.2 Å². The van der Waals surface area contributed by atoms with Crippen molar-refractivity contribution in [1.29, 1.82) is 0 Å². The molecule has 0 N–H and O–H groups in total. The monoisotopic (exact) mass is 639 g/mol. The Labute approximate surface area is 242 Å². The number of benzene rings is 2. The second kappa shape index (κ2) is 15.6. The lowest BCUT2D eigenvalue weighted by atomic mass is 10.1. The fourth-order valence-electron chi connectivity index (χ4n) is 3.23. The fourth-order valence-corrected chi connectivity index (χ4v) is 5.22. The highest BCUT2D eigenvalue weighted by atomic mass is 79.9. The Morgan fingerprint density at radius 1 is 0.846 bits per heavy atom. The maximum Gasteiger partial charge on any atom is 0.311 e. The van der Waals surface area contributed by atoms with Gasteiger partial charge in [0.2, 0.25) is 0 Å². The predicted molar refractivity (Wildman–Crippen MR) is 167 cm³/mol. The molecular formula is C28H42BrNO7Si2. The predicted octanol–water partition coefficient (Wildman–Crippen LogP) is 8.31. The number of nitrogens with zero attached hydrogens (tertiary/aromatic N) is 1. The highest BCUT2D eigenvalue weighted by Gasteiger charge is 2.17. The van der Waals surface area contributed by atoms with Gasteiger partial charge in [0.05, 0.1) is 16.0 Å². The Morgan fingerprint density at radius 2 is 1.46 bits per heavy atom. The Bertz CT molecular complexity index is 1110. The largest absolute Gasteiger partial charge is 0.493 e. The van der Waals surface area contributed by atoms with Crippen LogP contribution >= 0.6 is 15.9 Å².